The Labute approximate surface area is 122 Å². The number of nitriles is 1. The molecule has 2 aromatic rings. The molecule has 0 heterocycles. The van der Waals surface area contributed by atoms with Crippen molar-refractivity contribution in [1.82, 2.24) is 5.32 Å². The molecule has 4 heteroatoms. The first-order chi connectivity index (χ1) is 9.60. The van der Waals surface area contributed by atoms with Gasteiger partial charge in [-0.1, -0.05) is 23.7 Å². The lowest BCUT2D eigenvalue weighted by atomic mass is 10.1. The highest BCUT2D eigenvalue weighted by atomic mass is 35.5. The van der Waals surface area contributed by atoms with Crippen LogP contribution in [0.15, 0.2) is 42.5 Å². The largest absolute Gasteiger partial charge is 0.348 e. The van der Waals surface area contributed by atoms with Gasteiger partial charge in [0.1, 0.15) is 0 Å². The molecule has 2 rings (SSSR count). The summed E-state index contributed by atoms with van der Waals surface area (Å²) in [7, 11) is 0. The van der Waals surface area contributed by atoms with E-state index in [1.165, 1.54) is 0 Å². The average Bonchev–Trinajstić information content (AvgIpc) is 2.45. The van der Waals surface area contributed by atoms with Crippen LogP contribution in [0.1, 0.15) is 27.0 Å². The van der Waals surface area contributed by atoms with Gasteiger partial charge in [-0.05, 0) is 48.4 Å². The molecule has 0 unspecified atom stereocenters. The van der Waals surface area contributed by atoms with E-state index in [1.807, 2.05) is 13.0 Å². The van der Waals surface area contributed by atoms with Crippen LogP contribution in [0.4, 0.5) is 0 Å². The Balaban J connectivity index is 2.07. The molecule has 0 radical (unpaired) electrons. The van der Waals surface area contributed by atoms with Crippen molar-refractivity contribution < 1.29 is 4.79 Å². The molecule has 2 aromatic carbocycles. The number of halogens is 1. The third-order valence-corrected chi connectivity index (χ3v) is 3.18. The maximum absolute atomic E-state index is 12.1. The van der Waals surface area contributed by atoms with Crippen LogP contribution >= 0.6 is 11.6 Å². The number of nitrogens with one attached hydrogen (secondary N) is 1. The third kappa shape index (κ3) is 3.37. The van der Waals surface area contributed by atoms with E-state index in [2.05, 4.69) is 11.4 Å². The Kier molecular flexibility index (Phi) is 4.39. The average molecular weight is 285 g/mol. The molecule has 0 aliphatic rings. The van der Waals surface area contributed by atoms with Gasteiger partial charge in [-0.15, -0.1) is 0 Å². The van der Waals surface area contributed by atoms with Crippen molar-refractivity contribution in [2.75, 3.05) is 0 Å². The summed E-state index contributed by atoms with van der Waals surface area (Å²) in [6.07, 6.45) is 0. The van der Waals surface area contributed by atoms with Gasteiger partial charge >= 0.3 is 0 Å². The van der Waals surface area contributed by atoms with Gasteiger partial charge in [-0.2, -0.15) is 5.26 Å². The zero-order valence-corrected chi connectivity index (χ0v) is 11.7. The van der Waals surface area contributed by atoms with Crippen LogP contribution in [0, 0.1) is 18.3 Å². The van der Waals surface area contributed by atoms with Gasteiger partial charge < -0.3 is 5.32 Å². The first-order valence-electron chi connectivity index (χ1n) is 6.13. The molecule has 1 N–H and O–H groups in total. The van der Waals surface area contributed by atoms with Crippen molar-refractivity contribution in [2.24, 2.45) is 0 Å². The predicted molar refractivity (Wildman–Crippen MR) is 78.5 cm³/mol. The summed E-state index contributed by atoms with van der Waals surface area (Å²) in [5.74, 6) is -0.151. The molecule has 0 bridgehead atoms. The van der Waals surface area contributed by atoms with Crippen LogP contribution in [0.2, 0.25) is 5.02 Å². The summed E-state index contributed by atoms with van der Waals surface area (Å²) in [6.45, 7) is 2.23. The molecule has 20 heavy (non-hydrogen) atoms. The van der Waals surface area contributed by atoms with Crippen molar-refractivity contribution in [3.05, 3.63) is 69.7 Å². The number of hydrogen-bond donors (Lipinski definition) is 1. The van der Waals surface area contributed by atoms with Crippen molar-refractivity contribution in [3.63, 3.8) is 0 Å². The molecule has 0 spiro atoms. The zero-order valence-electron chi connectivity index (χ0n) is 11.0. The van der Waals surface area contributed by atoms with E-state index in [1.54, 1.807) is 36.4 Å². The zero-order chi connectivity index (χ0) is 14.5. The minimum Gasteiger partial charge on any atom is -0.348 e. The molecule has 0 aliphatic carbocycles. The highest BCUT2D eigenvalue weighted by Gasteiger charge is 2.08. The van der Waals surface area contributed by atoms with E-state index >= 15 is 0 Å². The molecule has 0 fully saturated rings. The highest BCUT2D eigenvalue weighted by molar-refractivity contribution is 6.30. The highest BCUT2D eigenvalue weighted by Crippen LogP contribution is 2.15. The number of amides is 1. The second-order valence-electron chi connectivity index (χ2n) is 4.45. The summed E-state index contributed by atoms with van der Waals surface area (Å²) >= 11 is 5.87. The molecular weight excluding hydrogens is 272 g/mol. The second-order valence-corrected chi connectivity index (χ2v) is 4.89. The Bertz CT molecular complexity index is 689. The molecule has 0 saturated heterocycles. The van der Waals surface area contributed by atoms with Gasteiger partial charge in [0.05, 0.1) is 11.6 Å². The fourth-order valence-corrected chi connectivity index (χ4v) is 2.14. The maximum Gasteiger partial charge on any atom is 0.251 e. The molecule has 0 aromatic heterocycles. The van der Waals surface area contributed by atoms with E-state index in [9.17, 15) is 4.79 Å². The van der Waals surface area contributed by atoms with Gasteiger partial charge in [0.25, 0.3) is 5.91 Å². The molecular formula is C16H13ClN2O. The Morgan fingerprint density at radius 3 is 2.80 bits per heavy atom. The number of aryl methyl sites for hydroxylation is 1. The standard InChI is InChI=1S/C16H13ClN2O/c1-11-7-14(17)5-6-15(11)16(20)19-10-13-4-2-3-12(8-13)9-18/h2-8H,10H2,1H3,(H,19,20). The van der Waals surface area contributed by atoms with Gasteiger partial charge in [0.15, 0.2) is 0 Å². The van der Waals surface area contributed by atoms with Crippen LogP contribution in [-0.2, 0) is 6.54 Å². The molecule has 3 nitrogen and oxygen atoms in total. The minimum atomic E-state index is -0.151. The monoisotopic (exact) mass is 284 g/mol. The topological polar surface area (TPSA) is 52.9 Å². The van der Waals surface area contributed by atoms with Crippen LogP contribution < -0.4 is 5.32 Å². The molecule has 0 aliphatic heterocycles. The van der Waals surface area contributed by atoms with Crippen LogP contribution in [0.25, 0.3) is 0 Å². The van der Waals surface area contributed by atoms with E-state index in [0.29, 0.717) is 22.7 Å². The van der Waals surface area contributed by atoms with Crippen molar-refractivity contribution in [2.45, 2.75) is 13.5 Å². The first-order valence-corrected chi connectivity index (χ1v) is 6.51. The summed E-state index contributed by atoms with van der Waals surface area (Å²) in [4.78, 5) is 12.1. The molecule has 1 amide bonds. The number of benzene rings is 2. The Morgan fingerprint density at radius 1 is 1.30 bits per heavy atom. The number of carbonyl (C=O) groups is 1. The number of nitrogens with zero attached hydrogens (tertiary/aromatic N) is 1. The summed E-state index contributed by atoms with van der Waals surface area (Å²) in [5.41, 5.74) is 2.91. The van der Waals surface area contributed by atoms with Gasteiger partial charge in [0.2, 0.25) is 0 Å². The molecule has 0 atom stereocenters. The predicted octanol–water partition coefficient (Wildman–Crippen LogP) is 3.45. The third-order valence-electron chi connectivity index (χ3n) is 2.94. The minimum absolute atomic E-state index is 0.151. The second kappa shape index (κ2) is 6.23. The van der Waals surface area contributed by atoms with E-state index in [0.717, 1.165) is 11.1 Å². The number of hydrogen-bond acceptors (Lipinski definition) is 2. The Morgan fingerprint density at radius 2 is 2.10 bits per heavy atom. The van der Waals surface area contributed by atoms with E-state index in [4.69, 9.17) is 16.9 Å². The van der Waals surface area contributed by atoms with Gasteiger partial charge in [-0.25, -0.2) is 0 Å². The molecule has 0 saturated carbocycles. The summed E-state index contributed by atoms with van der Waals surface area (Å²) in [5, 5.41) is 12.3. The quantitative estimate of drug-likeness (QED) is 0.938. The van der Waals surface area contributed by atoms with Crippen LogP contribution in [0.5, 0.6) is 0 Å². The molecule has 100 valence electrons. The summed E-state index contributed by atoms with van der Waals surface area (Å²) in [6, 6.07) is 14.4. The summed E-state index contributed by atoms with van der Waals surface area (Å²) < 4.78 is 0. The fourth-order valence-electron chi connectivity index (χ4n) is 1.91. The van der Waals surface area contributed by atoms with Gasteiger partial charge in [0, 0.05) is 17.1 Å². The van der Waals surface area contributed by atoms with Gasteiger partial charge in [-0.3, -0.25) is 4.79 Å². The van der Waals surface area contributed by atoms with Crippen LogP contribution in [0.3, 0.4) is 0 Å². The fraction of sp³-hybridized carbons (Fsp3) is 0.125. The lowest BCUT2D eigenvalue weighted by molar-refractivity contribution is 0.0950. The lowest BCUT2D eigenvalue weighted by Crippen LogP contribution is -2.23. The first kappa shape index (κ1) is 14.1. The van der Waals surface area contributed by atoms with Crippen molar-refractivity contribution in [1.29, 1.82) is 5.26 Å². The van der Waals surface area contributed by atoms with Crippen LogP contribution in [-0.4, -0.2) is 5.91 Å². The van der Waals surface area contributed by atoms with Crippen molar-refractivity contribution >= 4 is 17.5 Å². The van der Waals surface area contributed by atoms with E-state index in [-0.39, 0.29) is 5.91 Å². The number of rotatable bonds is 3. The number of carbonyl (C=O) groups excluding carboxylic acids is 1. The van der Waals surface area contributed by atoms with Crippen molar-refractivity contribution in [3.8, 4) is 6.07 Å². The normalized spacial score (nSPS) is 9.85. The van der Waals surface area contributed by atoms with E-state index < -0.39 is 0 Å². The SMILES string of the molecule is Cc1cc(Cl)ccc1C(=O)NCc1cccc(C#N)c1. The smallest absolute Gasteiger partial charge is 0.251 e. The Hall–Kier alpha value is -2.31. The maximum atomic E-state index is 12.1. The lowest BCUT2D eigenvalue weighted by Gasteiger charge is -2.08.